The Morgan fingerprint density at radius 3 is 1.66 bits per heavy atom. The summed E-state index contributed by atoms with van der Waals surface area (Å²) in [7, 11) is 1.54. The molecule has 0 spiro atoms. The van der Waals surface area contributed by atoms with Crippen LogP contribution in [0.25, 0.3) is 0 Å². The second-order valence-corrected chi connectivity index (χ2v) is 7.26. The zero-order valence-electron chi connectivity index (χ0n) is 16.5. The number of aliphatic hydroxyl groups excluding tert-OH is 1. The fraction of sp³-hybridized carbons (Fsp3) is 0.280. The summed E-state index contributed by atoms with van der Waals surface area (Å²) in [5.41, 5.74) is 2.33. The highest BCUT2D eigenvalue weighted by Gasteiger charge is 2.40. The van der Waals surface area contributed by atoms with Crippen molar-refractivity contribution in [3.8, 4) is 0 Å². The summed E-state index contributed by atoms with van der Waals surface area (Å²) in [5, 5.41) is 10.1. The molecule has 4 nitrogen and oxygen atoms in total. The number of benzene rings is 3. The predicted octanol–water partition coefficient (Wildman–Crippen LogP) is 4.12. The molecule has 1 heterocycles. The van der Waals surface area contributed by atoms with E-state index < -0.39 is 18.0 Å². The van der Waals surface area contributed by atoms with Gasteiger partial charge in [0.1, 0.15) is 11.7 Å². The zero-order chi connectivity index (χ0) is 20.1. The molecule has 1 fully saturated rings. The van der Waals surface area contributed by atoms with E-state index in [4.69, 9.17) is 14.2 Å². The zero-order valence-corrected chi connectivity index (χ0v) is 16.5. The standard InChI is InChI=1S/C25H26O4/c1-27-24-23(26)17-22(29-24)18-28-25(19-11-5-2-6-12-19,20-13-7-3-8-14-20)21-15-9-4-10-16-21/h2-16,22-24,26H,17-18H2,1H3/t22-,23+,24-/m0/s1. The van der Waals surface area contributed by atoms with E-state index in [1.807, 2.05) is 54.6 Å². The van der Waals surface area contributed by atoms with Crippen molar-refractivity contribution in [2.24, 2.45) is 0 Å². The average molecular weight is 390 g/mol. The van der Waals surface area contributed by atoms with Crippen LogP contribution in [0.1, 0.15) is 23.1 Å². The molecule has 1 aliphatic heterocycles. The van der Waals surface area contributed by atoms with Crippen LogP contribution >= 0.6 is 0 Å². The van der Waals surface area contributed by atoms with Gasteiger partial charge in [0.2, 0.25) is 0 Å². The molecule has 4 heteroatoms. The van der Waals surface area contributed by atoms with Gasteiger partial charge < -0.3 is 19.3 Å². The third kappa shape index (κ3) is 3.98. The molecule has 3 atom stereocenters. The van der Waals surface area contributed by atoms with Gasteiger partial charge in [-0.15, -0.1) is 0 Å². The lowest BCUT2D eigenvalue weighted by atomic mass is 9.80. The Morgan fingerprint density at radius 1 is 0.828 bits per heavy atom. The van der Waals surface area contributed by atoms with Gasteiger partial charge in [0.25, 0.3) is 0 Å². The summed E-state index contributed by atoms with van der Waals surface area (Å²) < 4.78 is 17.8. The molecule has 0 unspecified atom stereocenters. The number of methoxy groups -OCH3 is 1. The summed E-state index contributed by atoms with van der Waals surface area (Å²) in [6.45, 7) is 0.329. The van der Waals surface area contributed by atoms with Crippen molar-refractivity contribution in [2.75, 3.05) is 13.7 Å². The van der Waals surface area contributed by atoms with E-state index in [1.165, 1.54) is 0 Å². The maximum atomic E-state index is 10.1. The maximum absolute atomic E-state index is 10.1. The molecule has 0 saturated carbocycles. The second kappa shape index (κ2) is 8.89. The molecular formula is C25H26O4. The molecule has 150 valence electrons. The van der Waals surface area contributed by atoms with Gasteiger partial charge in [0, 0.05) is 13.5 Å². The van der Waals surface area contributed by atoms with Crippen LogP contribution in [0.3, 0.4) is 0 Å². The summed E-state index contributed by atoms with van der Waals surface area (Å²) in [6.07, 6.45) is -1.02. The molecular weight excluding hydrogens is 364 g/mol. The van der Waals surface area contributed by atoms with E-state index in [9.17, 15) is 5.11 Å². The monoisotopic (exact) mass is 390 g/mol. The Hall–Kier alpha value is -2.50. The maximum Gasteiger partial charge on any atom is 0.183 e. The summed E-state index contributed by atoms with van der Waals surface area (Å²) in [4.78, 5) is 0. The number of rotatable bonds is 7. The van der Waals surface area contributed by atoms with Crippen molar-refractivity contribution in [1.29, 1.82) is 0 Å². The fourth-order valence-electron chi connectivity index (χ4n) is 4.02. The molecule has 3 aromatic carbocycles. The minimum absolute atomic E-state index is 0.245. The van der Waals surface area contributed by atoms with E-state index >= 15 is 0 Å². The van der Waals surface area contributed by atoms with E-state index in [1.54, 1.807) is 7.11 Å². The van der Waals surface area contributed by atoms with Crippen LogP contribution in [-0.2, 0) is 19.8 Å². The van der Waals surface area contributed by atoms with Crippen LogP contribution in [0.15, 0.2) is 91.0 Å². The summed E-state index contributed by atoms with van der Waals surface area (Å²) >= 11 is 0. The SMILES string of the molecule is CO[C@H]1O[C@H](COC(c2ccccc2)(c2ccccc2)c2ccccc2)C[C@H]1O. The molecule has 0 aliphatic carbocycles. The number of aliphatic hydroxyl groups is 1. The number of hydrogen-bond acceptors (Lipinski definition) is 4. The second-order valence-electron chi connectivity index (χ2n) is 7.26. The largest absolute Gasteiger partial charge is 0.388 e. The van der Waals surface area contributed by atoms with Gasteiger partial charge in [-0.25, -0.2) is 0 Å². The molecule has 0 radical (unpaired) electrons. The van der Waals surface area contributed by atoms with E-state index in [0.717, 1.165) is 16.7 Å². The topological polar surface area (TPSA) is 47.9 Å². The Morgan fingerprint density at radius 2 is 1.28 bits per heavy atom. The lowest BCUT2D eigenvalue weighted by molar-refractivity contribution is -0.162. The van der Waals surface area contributed by atoms with E-state index in [0.29, 0.717) is 13.0 Å². The van der Waals surface area contributed by atoms with Gasteiger partial charge >= 0.3 is 0 Å². The molecule has 1 saturated heterocycles. The average Bonchev–Trinajstić information content (AvgIpc) is 3.16. The smallest absolute Gasteiger partial charge is 0.183 e. The van der Waals surface area contributed by atoms with Gasteiger partial charge in [-0.05, 0) is 16.7 Å². The van der Waals surface area contributed by atoms with Gasteiger partial charge in [-0.1, -0.05) is 91.0 Å². The first kappa shape index (κ1) is 19.8. The molecule has 29 heavy (non-hydrogen) atoms. The Balaban J connectivity index is 1.76. The molecule has 4 rings (SSSR count). The van der Waals surface area contributed by atoms with Crippen molar-refractivity contribution in [1.82, 2.24) is 0 Å². The normalized spacial score (nSPS) is 21.9. The fourth-order valence-corrected chi connectivity index (χ4v) is 4.02. The van der Waals surface area contributed by atoms with Gasteiger partial charge in [0.05, 0.1) is 12.7 Å². The highest BCUT2D eigenvalue weighted by atomic mass is 16.7. The van der Waals surface area contributed by atoms with Crippen molar-refractivity contribution < 1.29 is 19.3 Å². The van der Waals surface area contributed by atoms with E-state index in [2.05, 4.69) is 36.4 Å². The van der Waals surface area contributed by atoms with Crippen LogP contribution in [0, 0.1) is 0 Å². The number of hydrogen-bond donors (Lipinski definition) is 1. The Labute approximate surface area is 171 Å². The first-order valence-electron chi connectivity index (χ1n) is 9.91. The quantitative estimate of drug-likeness (QED) is 0.617. The van der Waals surface area contributed by atoms with Crippen LogP contribution in [-0.4, -0.2) is 37.3 Å². The molecule has 3 aromatic rings. The lowest BCUT2D eigenvalue weighted by Gasteiger charge is -2.36. The van der Waals surface area contributed by atoms with Crippen LogP contribution in [0.2, 0.25) is 0 Å². The number of ether oxygens (including phenoxy) is 3. The predicted molar refractivity (Wildman–Crippen MR) is 111 cm³/mol. The third-order valence-electron chi connectivity index (χ3n) is 5.40. The molecule has 0 aromatic heterocycles. The van der Waals surface area contributed by atoms with E-state index in [-0.39, 0.29) is 6.10 Å². The first-order valence-corrected chi connectivity index (χ1v) is 9.91. The highest BCUT2D eigenvalue weighted by molar-refractivity contribution is 5.47. The van der Waals surface area contributed by atoms with Gasteiger partial charge in [-0.3, -0.25) is 0 Å². The van der Waals surface area contributed by atoms with Crippen LogP contribution < -0.4 is 0 Å². The minimum atomic E-state index is -0.788. The molecule has 0 bridgehead atoms. The summed E-state index contributed by atoms with van der Waals surface area (Å²) in [5.74, 6) is 0. The lowest BCUT2D eigenvalue weighted by Crippen LogP contribution is -2.35. The summed E-state index contributed by atoms with van der Waals surface area (Å²) in [6, 6.07) is 30.7. The van der Waals surface area contributed by atoms with Crippen molar-refractivity contribution in [3.05, 3.63) is 108 Å². The van der Waals surface area contributed by atoms with Gasteiger partial charge in [-0.2, -0.15) is 0 Å². The molecule has 1 N–H and O–H groups in total. The Bertz CT molecular complexity index is 786. The van der Waals surface area contributed by atoms with Crippen molar-refractivity contribution in [2.45, 2.75) is 30.5 Å². The van der Waals surface area contributed by atoms with Crippen molar-refractivity contribution in [3.63, 3.8) is 0 Å². The van der Waals surface area contributed by atoms with Crippen LogP contribution in [0.4, 0.5) is 0 Å². The van der Waals surface area contributed by atoms with Crippen molar-refractivity contribution >= 4 is 0 Å². The molecule has 0 amide bonds. The third-order valence-corrected chi connectivity index (χ3v) is 5.40. The first-order chi connectivity index (χ1) is 14.2. The highest BCUT2D eigenvalue weighted by Crippen LogP contribution is 2.41. The minimum Gasteiger partial charge on any atom is -0.388 e. The van der Waals surface area contributed by atoms with Gasteiger partial charge in [0.15, 0.2) is 6.29 Å². The Kier molecular flexibility index (Phi) is 6.07. The molecule has 1 aliphatic rings. The van der Waals surface area contributed by atoms with Crippen LogP contribution in [0.5, 0.6) is 0 Å².